The summed E-state index contributed by atoms with van der Waals surface area (Å²) in [5, 5.41) is 4.16. The lowest BCUT2D eigenvalue weighted by Crippen LogP contribution is -2.46. The summed E-state index contributed by atoms with van der Waals surface area (Å²) < 4.78 is 0. The topological polar surface area (TPSA) is 32.3 Å². The number of nitrogens with zero attached hydrogens (tertiary/aromatic N) is 1. The third-order valence-corrected chi connectivity index (χ3v) is 4.57. The van der Waals surface area contributed by atoms with Gasteiger partial charge in [0.25, 0.3) is 5.91 Å². The van der Waals surface area contributed by atoms with Crippen molar-refractivity contribution < 1.29 is 4.79 Å². The number of halogens is 4. The lowest BCUT2D eigenvalue weighted by atomic mass is 10.1. The molecule has 1 atom stereocenters. The van der Waals surface area contributed by atoms with Crippen molar-refractivity contribution >= 4 is 53.1 Å². The molecule has 1 saturated heterocycles. The number of hydrogen-bond donors (Lipinski definition) is 1. The molecule has 1 aliphatic heterocycles. The first-order valence-corrected chi connectivity index (χ1v) is 7.26. The van der Waals surface area contributed by atoms with Gasteiger partial charge in [-0.1, -0.05) is 34.8 Å². The molecule has 0 unspecified atom stereocenters. The number of hydrogen-bond acceptors (Lipinski definition) is 2. The smallest absolute Gasteiger partial charge is 0.253 e. The third kappa shape index (κ3) is 3.92. The van der Waals surface area contributed by atoms with Crippen LogP contribution in [0.4, 0.5) is 0 Å². The highest BCUT2D eigenvalue weighted by Crippen LogP contribution is 2.31. The van der Waals surface area contributed by atoms with Gasteiger partial charge in [0.15, 0.2) is 0 Å². The molecule has 1 N–H and O–H groups in total. The Kier molecular flexibility index (Phi) is 6.89. The zero-order chi connectivity index (χ0) is 14.0. The summed E-state index contributed by atoms with van der Waals surface area (Å²) in [6.45, 7) is 1.83. The molecule has 1 fully saturated rings. The molecule has 0 bridgehead atoms. The van der Waals surface area contributed by atoms with Crippen LogP contribution >= 0.6 is 47.2 Å². The number of nitrogens with one attached hydrogen (secondary N) is 1. The first-order valence-electron chi connectivity index (χ1n) is 6.13. The molecule has 1 amide bonds. The third-order valence-electron chi connectivity index (χ3n) is 3.37. The predicted octanol–water partition coefficient (Wildman–Crippen LogP) is 3.89. The van der Waals surface area contributed by atoms with Crippen LogP contribution in [0.3, 0.4) is 0 Å². The molecular formula is C13H16Cl4N2O. The van der Waals surface area contributed by atoms with E-state index in [1.165, 1.54) is 0 Å². The Morgan fingerprint density at radius 2 is 1.90 bits per heavy atom. The van der Waals surface area contributed by atoms with E-state index in [0.29, 0.717) is 15.6 Å². The van der Waals surface area contributed by atoms with Gasteiger partial charge in [0.1, 0.15) is 0 Å². The molecule has 1 aromatic rings. The van der Waals surface area contributed by atoms with Gasteiger partial charge < -0.3 is 10.2 Å². The van der Waals surface area contributed by atoms with Crippen LogP contribution in [0.2, 0.25) is 15.1 Å². The quantitative estimate of drug-likeness (QED) is 0.814. The molecule has 1 aliphatic rings. The van der Waals surface area contributed by atoms with Gasteiger partial charge in [-0.05, 0) is 31.5 Å². The van der Waals surface area contributed by atoms with E-state index >= 15 is 0 Å². The van der Waals surface area contributed by atoms with Crippen molar-refractivity contribution in [3.63, 3.8) is 0 Å². The van der Waals surface area contributed by atoms with E-state index in [2.05, 4.69) is 5.32 Å². The number of rotatable bonds is 2. The standard InChI is InChI=1S/C13H15Cl3N2O.ClH/c1-18(9-3-2-4-17-7-9)13(19)8-5-10(14)12(16)11(15)6-8;/h5-6,9,17H,2-4,7H2,1H3;1H/t9-;/m1./s1. The van der Waals surface area contributed by atoms with Crippen molar-refractivity contribution in [2.45, 2.75) is 18.9 Å². The van der Waals surface area contributed by atoms with Crippen LogP contribution in [0.25, 0.3) is 0 Å². The molecule has 0 aliphatic carbocycles. The lowest BCUT2D eigenvalue weighted by Gasteiger charge is -2.31. The zero-order valence-electron chi connectivity index (χ0n) is 11.0. The highest BCUT2D eigenvalue weighted by atomic mass is 35.5. The van der Waals surface area contributed by atoms with E-state index in [9.17, 15) is 4.79 Å². The summed E-state index contributed by atoms with van der Waals surface area (Å²) in [4.78, 5) is 14.1. The minimum atomic E-state index is -0.0887. The number of benzene rings is 1. The first kappa shape index (κ1) is 17.9. The van der Waals surface area contributed by atoms with Gasteiger partial charge >= 0.3 is 0 Å². The van der Waals surface area contributed by atoms with E-state index in [4.69, 9.17) is 34.8 Å². The minimum absolute atomic E-state index is 0. The molecule has 0 saturated carbocycles. The average Bonchev–Trinajstić information content (AvgIpc) is 2.43. The van der Waals surface area contributed by atoms with Crippen molar-refractivity contribution in [1.29, 1.82) is 0 Å². The fourth-order valence-corrected chi connectivity index (χ4v) is 2.81. The lowest BCUT2D eigenvalue weighted by molar-refractivity contribution is 0.0708. The van der Waals surface area contributed by atoms with Crippen LogP contribution in [0.1, 0.15) is 23.2 Å². The SMILES string of the molecule is CN(C(=O)c1cc(Cl)c(Cl)c(Cl)c1)[C@@H]1CCCNC1.Cl. The van der Waals surface area contributed by atoms with Gasteiger partial charge in [0.05, 0.1) is 15.1 Å². The van der Waals surface area contributed by atoms with Crippen molar-refractivity contribution in [3.05, 3.63) is 32.8 Å². The average molecular weight is 358 g/mol. The fraction of sp³-hybridized carbons (Fsp3) is 0.462. The predicted molar refractivity (Wildman–Crippen MR) is 86.7 cm³/mol. The molecule has 0 aromatic heterocycles. The second kappa shape index (κ2) is 7.71. The minimum Gasteiger partial charge on any atom is -0.337 e. The largest absolute Gasteiger partial charge is 0.337 e. The van der Waals surface area contributed by atoms with Crippen molar-refractivity contribution in [2.24, 2.45) is 0 Å². The van der Waals surface area contributed by atoms with Crippen LogP contribution in [0.5, 0.6) is 0 Å². The van der Waals surface area contributed by atoms with Crippen LogP contribution in [0.15, 0.2) is 12.1 Å². The van der Waals surface area contributed by atoms with Crippen molar-refractivity contribution in [1.82, 2.24) is 10.2 Å². The molecule has 1 heterocycles. The summed E-state index contributed by atoms with van der Waals surface area (Å²) in [7, 11) is 1.80. The Labute approximate surface area is 140 Å². The zero-order valence-corrected chi connectivity index (χ0v) is 14.0. The summed E-state index contributed by atoms with van der Waals surface area (Å²) >= 11 is 17.8. The molecule has 20 heavy (non-hydrogen) atoms. The van der Waals surface area contributed by atoms with Crippen molar-refractivity contribution in [3.8, 4) is 0 Å². The number of amides is 1. The number of piperidine rings is 1. The van der Waals surface area contributed by atoms with Gasteiger partial charge in [-0.15, -0.1) is 12.4 Å². The summed E-state index contributed by atoms with van der Waals surface area (Å²) in [5.74, 6) is -0.0887. The van der Waals surface area contributed by atoms with Gasteiger partial charge in [-0.25, -0.2) is 0 Å². The van der Waals surface area contributed by atoms with Crippen LogP contribution in [-0.2, 0) is 0 Å². The number of carbonyl (C=O) groups is 1. The van der Waals surface area contributed by atoms with Gasteiger partial charge in [0.2, 0.25) is 0 Å². The molecule has 0 radical (unpaired) electrons. The molecule has 1 aromatic carbocycles. The van der Waals surface area contributed by atoms with Gasteiger partial charge in [0, 0.05) is 25.2 Å². The molecule has 0 spiro atoms. The second-order valence-electron chi connectivity index (χ2n) is 4.67. The first-order chi connectivity index (χ1) is 9.00. The number of likely N-dealkylation sites (N-methyl/N-ethyl adjacent to an activating group) is 1. The highest BCUT2D eigenvalue weighted by Gasteiger charge is 2.23. The van der Waals surface area contributed by atoms with E-state index in [1.54, 1.807) is 24.1 Å². The van der Waals surface area contributed by atoms with Crippen LogP contribution < -0.4 is 5.32 Å². The second-order valence-corrected chi connectivity index (χ2v) is 5.86. The Morgan fingerprint density at radius 1 is 1.30 bits per heavy atom. The number of carbonyl (C=O) groups excluding carboxylic acids is 1. The van der Waals surface area contributed by atoms with Crippen LogP contribution in [-0.4, -0.2) is 37.0 Å². The van der Waals surface area contributed by atoms with E-state index in [1.807, 2.05) is 0 Å². The molecular weight excluding hydrogens is 342 g/mol. The van der Waals surface area contributed by atoms with Gasteiger partial charge in [-0.3, -0.25) is 4.79 Å². The van der Waals surface area contributed by atoms with Crippen LogP contribution in [0, 0.1) is 0 Å². The van der Waals surface area contributed by atoms with E-state index in [-0.39, 0.29) is 29.4 Å². The molecule has 7 heteroatoms. The maximum atomic E-state index is 12.4. The van der Waals surface area contributed by atoms with Gasteiger partial charge in [-0.2, -0.15) is 0 Å². The highest BCUT2D eigenvalue weighted by molar-refractivity contribution is 6.48. The molecule has 3 nitrogen and oxygen atoms in total. The summed E-state index contributed by atoms with van der Waals surface area (Å²) in [6.07, 6.45) is 2.08. The Morgan fingerprint density at radius 3 is 2.40 bits per heavy atom. The summed E-state index contributed by atoms with van der Waals surface area (Å²) in [6, 6.07) is 3.32. The van der Waals surface area contributed by atoms with E-state index < -0.39 is 0 Å². The molecule has 2 rings (SSSR count). The maximum absolute atomic E-state index is 12.4. The Hall–Kier alpha value is -0.190. The molecule has 112 valence electrons. The fourth-order valence-electron chi connectivity index (χ4n) is 2.21. The van der Waals surface area contributed by atoms with Crippen molar-refractivity contribution in [2.75, 3.05) is 20.1 Å². The Balaban J connectivity index is 0.00000200. The Bertz CT molecular complexity index is 466. The normalized spacial score (nSPS) is 18.3. The monoisotopic (exact) mass is 356 g/mol. The summed E-state index contributed by atoms with van der Waals surface area (Å²) in [5.41, 5.74) is 0.465. The maximum Gasteiger partial charge on any atom is 0.253 e. The van der Waals surface area contributed by atoms with E-state index in [0.717, 1.165) is 25.9 Å².